The average molecular weight is 249 g/mol. The summed E-state index contributed by atoms with van der Waals surface area (Å²) in [6.45, 7) is 5.08. The molecule has 1 aromatic carbocycles. The molecular weight excluding hydrogens is 230 g/mol. The number of β-amino-alcohol motifs (C(OH)–C–C–N with tert-alkyl or cyclic N) is 1. The lowest BCUT2D eigenvalue weighted by Crippen LogP contribution is -2.33. The number of aliphatic hydroxyl groups excluding tert-OH is 1. The molecule has 0 bridgehead atoms. The van der Waals surface area contributed by atoms with E-state index in [1.165, 1.54) is 0 Å². The molecule has 98 valence electrons. The third-order valence-electron chi connectivity index (χ3n) is 3.07. The van der Waals surface area contributed by atoms with Crippen molar-refractivity contribution >= 4 is 5.91 Å². The Balaban J connectivity index is 1.89. The number of aliphatic hydroxyl groups is 1. The van der Waals surface area contributed by atoms with Crippen LogP contribution in [0, 0.1) is 13.8 Å². The van der Waals surface area contributed by atoms with Crippen LogP contribution in [0.4, 0.5) is 0 Å². The van der Waals surface area contributed by atoms with Crippen LogP contribution in [0.15, 0.2) is 18.2 Å². The Morgan fingerprint density at radius 1 is 1.39 bits per heavy atom. The van der Waals surface area contributed by atoms with Crippen molar-refractivity contribution in [1.82, 2.24) is 4.90 Å². The van der Waals surface area contributed by atoms with Gasteiger partial charge in [0.05, 0.1) is 6.10 Å². The van der Waals surface area contributed by atoms with E-state index in [2.05, 4.69) is 6.07 Å². The van der Waals surface area contributed by atoms with E-state index in [0.717, 1.165) is 16.9 Å². The van der Waals surface area contributed by atoms with Gasteiger partial charge in [0.25, 0.3) is 5.91 Å². The Morgan fingerprint density at radius 3 is 2.61 bits per heavy atom. The number of hydrogen-bond acceptors (Lipinski definition) is 3. The lowest BCUT2D eigenvalue weighted by molar-refractivity contribution is -0.132. The summed E-state index contributed by atoms with van der Waals surface area (Å²) in [4.78, 5) is 13.5. The molecule has 1 amide bonds. The molecule has 2 rings (SSSR count). The Bertz CT molecular complexity index is 424. The van der Waals surface area contributed by atoms with Crippen LogP contribution in [0.25, 0.3) is 0 Å². The molecule has 1 aromatic rings. The molecule has 1 heterocycles. The van der Waals surface area contributed by atoms with E-state index in [4.69, 9.17) is 4.74 Å². The highest BCUT2D eigenvalue weighted by Crippen LogP contribution is 2.16. The van der Waals surface area contributed by atoms with Crippen LogP contribution in [-0.2, 0) is 4.79 Å². The first-order chi connectivity index (χ1) is 8.54. The van der Waals surface area contributed by atoms with Gasteiger partial charge in [0.15, 0.2) is 6.61 Å². The Morgan fingerprint density at radius 2 is 2.06 bits per heavy atom. The van der Waals surface area contributed by atoms with Crippen molar-refractivity contribution in [3.05, 3.63) is 29.3 Å². The fourth-order valence-corrected chi connectivity index (χ4v) is 2.22. The molecule has 0 aromatic heterocycles. The summed E-state index contributed by atoms with van der Waals surface area (Å²) in [6, 6.07) is 5.89. The highest BCUT2D eigenvalue weighted by molar-refractivity contribution is 5.78. The smallest absolute Gasteiger partial charge is 0.260 e. The summed E-state index contributed by atoms with van der Waals surface area (Å²) in [5, 5.41) is 9.37. The van der Waals surface area contributed by atoms with Crippen LogP contribution in [0.1, 0.15) is 17.5 Å². The second-order valence-corrected chi connectivity index (χ2v) is 4.89. The standard InChI is InChI=1S/C14H19NO3/c1-10-5-11(2)7-13(6-10)18-9-14(17)15-4-3-12(16)8-15/h5-7,12,16H,3-4,8-9H2,1-2H3/t12-/m0/s1. The molecule has 18 heavy (non-hydrogen) atoms. The van der Waals surface area contributed by atoms with Crippen molar-refractivity contribution < 1.29 is 14.6 Å². The minimum absolute atomic E-state index is 0.0373. The first-order valence-electron chi connectivity index (χ1n) is 6.21. The molecule has 1 aliphatic rings. The van der Waals surface area contributed by atoms with E-state index in [0.29, 0.717) is 19.5 Å². The number of hydrogen-bond donors (Lipinski definition) is 1. The summed E-state index contributed by atoms with van der Waals surface area (Å²) < 4.78 is 5.50. The summed E-state index contributed by atoms with van der Waals surface area (Å²) in [5.74, 6) is 0.659. The van der Waals surface area contributed by atoms with Crippen LogP contribution in [-0.4, -0.2) is 41.7 Å². The molecule has 4 heteroatoms. The SMILES string of the molecule is Cc1cc(C)cc(OCC(=O)N2CC[C@H](O)C2)c1. The van der Waals surface area contributed by atoms with Crippen LogP contribution < -0.4 is 4.74 Å². The van der Waals surface area contributed by atoms with Gasteiger partial charge in [-0.2, -0.15) is 0 Å². The van der Waals surface area contributed by atoms with E-state index < -0.39 is 0 Å². The van der Waals surface area contributed by atoms with E-state index >= 15 is 0 Å². The van der Waals surface area contributed by atoms with E-state index in [1.54, 1.807) is 4.90 Å². The van der Waals surface area contributed by atoms with Gasteiger partial charge in [0.2, 0.25) is 0 Å². The van der Waals surface area contributed by atoms with Crippen LogP contribution >= 0.6 is 0 Å². The second kappa shape index (κ2) is 5.40. The fourth-order valence-electron chi connectivity index (χ4n) is 2.22. The molecule has 1 N–H and O–H groups in total. The van der Waals surface area contributed by atoms with Gasteiger partial charge in [-0.15, -0.1) is 0 Å². The predicted molar refractivity (Wildman–Crippen MR) is 68.6 cm³/mol. The molecule has 0 unspecified atom stereocenters. The molecule has 0 aliphatic carbocycles. The monoisotopic (exact) mass is 249 g/mol. The average Bonchev–Trinajstić information content (AvgIpc) is 2.71. The Hall–Kier alpha value is -1.55. The van der Waals surface area contributed by atoms with Crippen molar-refractivity contribution in [3.63, 3.8) is 0 Å². The van der Waals surface area contributed by atoms with Gasteiger partial charge in [0.1, 0.15) is 5.75 Å². The Labute approximate surface area is 107 Å². The number of amides is 1. The Kier molecular flexibility index (Phi) is 3.87. The van der Waals surface area contributed by atoms with Gasteiger partial charge >= 0.3 is 0 Å². The molecule has 4 nitrogen and oxygen atoms in total. The zero-order valence-electron chi connectivity index (χ0n) is 10.8. The van der Waals surface area contributed by atoms with Gasteiger partial charge < -0.3 is 14.7 Å². The lowest BCUT2D eigenvalue weighted by Gasteiger charge is -2.16. The highest BCUT2D eigenvalue weighted by atomic mass is 16.5. The number of rotatable bonds is 3. The van der Waals surface area contributed by atoms with Gasteiger partial charge in [-0.1, -0.05) is 6.07 Å². The first-order valence-corrected chi connectivity index (χ1v) is 6.21. The van der Waals surface area contributed by atoms with Gasteiger partial charge in [0, 0.05) is 13.1 Å². The molecule has 0 spiro atoms. The van der Waals surface area contributed by atoms with Crippen LogP contribution in [0.5, 0.6) is 5.75 Å². The third-order valence-corrected chi connectivity index (χ3v) is 3.07. The molecule has 1 aliphatic heterocycles. The summed E-state index contributed by atoms with van der Waals surface area (Å²) in [7, 11) is 0. The predicted octanol–water partition coefficient (Wildman–Crippen LogP) is 1.28. The molecule has 0 saturated carbocycles. The molecule has 1 atom stereocenters. The number of carbonyl (C=O) groups excluding carboxylic acids is 1. The topological polar surface area (TPSA) is 49.8 Å². The van der Waals surface area contributed by atoms with Crippen LogP contribution in [0.2, 0.25) is 0 Å². The van der Waals surface area contributed by atoms with Crippen LogP contribution in [0.3, 0.4) is 0 Å². The maximum absolute atomic E-state index is 11.8. The molecule has 1 fully saturated rings. The van der Waals surface area contributed by atoms with Crippen molar-refractivity contribution in [2.75, 3.05) is 19.7 Å². The van der Waals surface area contributed by atoms with Crippen molar-refractivity contribution in [2.45, 2.75) is 26.4 Å². The number of carbonyl (C=O) groups is 1. The van der Waals surface area contributed by atoms with E-state index in [1.807, 2.05) is 26.0 Å². The number of aryl methyl sites for hydroxylation is 2. The maximum atomic E-state index is 11.8. The fraction of sp³-hybridized carbons (Fsp3) is 0.500. The lowest BCUT2D eigenvalue weighted by atomic mass is 10.1. The molecular formula is C14H19NO3. The largest absolute Gasteiger partial charge is 0.484 e. The van der Waals surface area contributed by atoms with Crippen molar-refractivity contribution in [2.24, 2.45) is 0 Å². The quantitative estimate of drug-likeness (QED) is 0.877. The number of nitrogens with zero attached hydrogens (tertiary/aromatic N) is 1. The van der Waals surface area contributed by atoms with Gasteiger partial charge in [-0.3, -0.25) is 4.79 Å². The third kappa shape index (κ3) is 3.23. The summed E-state index contributed by atoms with van der Waals surface area (Å²) in [5.41, 5.74) is 2.24. The zero-order valence-corrected chi connectivity index (χ0v) is 10.8. The summed E-state index contributed by atoms with van der Waals surface area (Å²) in [6.07, 6.45) is 0.283. The number of benzene rings is 1. The van der Waals surface area contributed by atoms with Crippen molar-refractivity contribution in [1.29, 1.82) is 0 Å². The summed E-state index contributed by atoms with van der Waals surface area (Å²) >= 11 is 0. The second-order valence-electron chi connectivity index (χ2n) is 4.89. The van der Waals surface area contributed by atoms with E-state index in [-0.39, 0.29) is 18.6 Å². The highest BCUT2D eigenvalue weighted by Gasteiger charge is 2.24. The van der Waals surface area contributed by atoms with E-state index in [9.17, 15) is 9.90 Å². The number of ether oxygens (including phenoxy) is 1. The van der Waals surface area contributed by atoms with Crippen molar-refractivity contribution in [3.8, 4) is 5.75 Å². The normalized spacial score (nSPS) is 19.1. The molecule has 0 radical (unpaired) electrons. The maximum Gasteiger partial charge on any atom is 0.260 e. The minimum atomic E-state index is -0.379. The minimum Gasteiger partial charge on any atom is -0.484 e. The zero-order chi connectivity index (χ0) is 13.1. The molecule has 1 saturated heterocycles. The number of likely N-dealkylation sites (tertiary alicyclic amines) is 1. The van der Waals surface area contributed by atoms with Gasteiger partial charge in [-0.05, 0) is 43.5 Å². The van der Waals surface area contributed by atoms with Gasteiger partial charge in [-0.25, -0.2) is 0 Å². The first kappa shape index (κ1) is 12.9.